The van der Waals surface area contributed by atoms with E-state index in [1.54, 1.807) is 0 Å². The van der Waals surface area contributed by atoms with E-state index in [0.29, 0.717) is 18.8 Å². The molecule has 0 aromatic rings. The van der Waals surface area contributed by atoms with E-state index in [4.69, 9.17) is 15.2 Å². The molecule has 0 amide bonds. The van der Waals surface area contributed by atoms with Crippen LogP contribution in [0.25, 0.3) is 0 Å². The molecule has 1 fully saturated rings. The minimum atomic E-state index is 0.226. The second-order valence-electron chi connectivity index (χ2n) is 5.11. The molecule has 0 heterocycles. The van der Waals surface area contributed by atoms with Crippen molar-refractivity contribution >= 4 is 0 Å². The molecule has 1 aliphatic rings. The summed E-state index contributed by atoms with van der Waals surface area (Å²) in [6.07, 6.45) is 5.92. The van der Waals surface area contributed by atoms with E-state index in [1.165, 1.54) is 6.42 Å². The standard InChI is InChI=1S/C14H29NO2/c1-4-7-8-16-9-10-17-13-11-12(15)14(13,5-2)6-3/h12-13H,4-11,15H2,1-3H3. The maximum atomic E-state index is 6.13. The first-order valence-electron chi connectivity index (χ1n) is 7.16. The van der Waals surface area contributed by atoms with Gasteiger partial charge in [0.1, 0.15) is 0 Å². The van der Waals surface area contributed by atoms with Crippen LogP contribution in [0.15, 0.2) is 0 Å². The highest BCUT2D eigenvalue weighted by atomic mass is 16.5. The first-order chi connectivity index (χ1) is 8.21. The number of ether oxygens (including phenoxy) is 2. The Bertz CT molecular complexity index is 204. The summed E-state index contributed by atoms with van der Waals surface area (Å²) in [5, 5.41) is 0. The Kier molecular flexibility index (Phi) is 6.45. The number of unbranched alkanes of at least 4 members (excludes halogenated alkanes) is 1. The molecule has 0 spiro atoms. The highest BCUT2D eigenvalue weighted by Crippen LogP contribution is 2.47. The van der Waals surface area contributed by atoms with Gasteiger partial charge in [-0.3, -0.25) is 0 Å². The lowest BCUT2D eigenvalue weighted by molar-refractivity contribution is -0.139. The number of hydrogen-bond donors (Lipinski definition) is 1. The molecule has 1 aliphatic carbocycles. The lowest BCUT2D eigenvalue weighted by Gasteiger charge is -2.53. The van der Waals surface area contributed by atoms with Gasteiger partial charge in [0.05, 0.1) is 19.3 Å². The number of hydrogen-bond acceptors (Lipinski definition) is 3. The normalized spacial score (nSPS) is 26.8. The first-order valence-corrected chi connectivity index (χ1v) is 7.16. The summed E-state index contributed by atoms with van der Waals surface area (Å²) in [5.41, 5.74) is 6.35. The molecule has 0 aromatic carbocycles. The molecule has 1 rings (SSSR count). The zero-order valence-electron chi connectivity index (χ0n) is 11.7. The summed E-state index contributed by atoms with van der Waals surface area (Å²) in [7, 11) is 0. The predicted octanol–water partition coefficient (Wildman–Crippen LogP) is 2.73. The van der Waals surface area contributed by atoms with Gasteiger partial charge < -0.3 is 15.2 Å². The van der Waals surface area contributed by atoms with Crippen LogP contribution in [0.3, 0.4) is 0 Å². The fourth-order valence-electron chi connectivity index (χ4n) is 2.84. The van der Waals surface area contributed by atoms with Crippen molar-refractivity contribution in [2.24, 2.45) is 11.1 Å². The molecule has 2 atom stereocenters. The van der Waals surface area contributed by atoms with Crippen LogP contribution in [0.1, 0.15) is 52.9 Å². The maximum absolute atomic E-state index is 6.13. The molecule has 2 unspecified atom stereocenters. The third-order valence-electron chi connectivity index (χ3n) is 4.35. The lowest BCUT2D eigenvalue weighted by Crippen LogP contribution is -2.61. The molecule has 17 heavy (non-hydrogen) atoms. The average Bonchev–Trinajstić information content (AvgIpc) is 2.34. The molecule has 0 radical (unpaired) electrons. The van der Waals surface area contributed by atoms with Crippen LogP contribution in [-0.4, -0.2) is 32.0 Å². The minimum Gasteiger partial charge on any atom is -0.379 e. The topological polar surface area (TPSA) is 44.5 Å². The quantitative estimate of drug-likeness (QED) is 0.633. The van der Waals surface area contributed by atoms with Gasteiger partial charge in [0.15, 0.2) is 0 Å². The largest absolute Gasteiger partial charge is 0.379 e. The van der Waals surface area contributed by atoms with Gasteiger partial charge in [-0.05, 0) is 25.7 Å². The van der Waals surface area contributed by atoms with E-state index in [9.17, 15) is 0 Å². The minimum absolute atomic E-state index is 0.226. The molecule has 0 bridgehead atoms. The Morgan fingerprint density at radius 2 is 1.82 bits per heavy atom. The highest BCUT2D eigenvalue weighted by molar-refractivity contribution is 5.05. The third-order valence-corrected chi connectivity index (χ3v) is 4.35. The van der Waals surface area contributed by atoms with Crippen LogP contribution >= 0.6 is 0 Å². The van der Waals surface area contributed by atoms with Crippen LogP contribution in [0.5, 0.6) is 0 Å². The van der Waals surface area contributed by atoms with Crippen molar-refractivity contribution in [1.29, 1.82) is 0 Å². The van der Waals surface area contributed by atoms with Crippen molar-refractivity contribution in [2.75, 3.05) is 19.8 Å². The molecular formula is C14H29NO2. The fourth-order valence-corrected chi connectivity index (χ4v) is 2.84. The van der Waals surface area contributed by atoms with Gasteiger partial charge in [0.2, 0.25) is 0 Å². The Labute approximate surface area is 106 Å². The van der Waals surface area contributed by atoms with Crippen molar-refractivity contribution in [2.45, 2.75) is 65.0 Å². The summed E-state index contributed by atoms with van der Waals surface area (Å²) < 4.78 is 11.4. The Morgan fingerprint density at radius 1 is 1.12 bits per heavy atom. The summed E-state index contributed by atoms with van der Waals surface area (Å²) in [5.74, 6) is 0. The Hall–Kier alpha value is -0.120. The molecule has 3 heteroatoms. The van der Waals surface area contributed by atoms with Crippen molar-refractivity contribution in [3.05, 3.63) is 0 Å². The second-order valence-corrected chi connectivity index (χ2v) is 5.11. The van der Waals surface area contributed by atoms with E-state index in [2.05, 4.69) is 20.8 Å². The average molecular weight is 243 g/mol. The number of nitrogens with two attached hydrogens (primary N) is 1. The molecule has 1 saturated carbocycles. The van der Waals surface area contributed by atoms with Crippen LogP contribution in [0.2, 0.25) is 0 Å². The maximum Gasteiger partial charge on any atom is 0.0704 e. The summed E-state index contributed by atoms with van der Waals surface area (Å²) in [4.78, 5) is 0. The Balaban J connectivity index is 2.15. The van der Waals surface area contributed by atoms with Crippen molar-refractivity contribution < 1.29 is 9.47 Å². The first kappa shape index (κ1) is 14.9. The molecule has 0 saturated heterocycles. The zero-order chi connectivity index (χ0) is 12.7. The Morgan fingerprint density at radius 3 is 2.35 bits per heavy atom. The molecule has 3 nitrogen and oxygen atoms in total. The fraction of sp³-hybridized carbons (Fsp3) is 1.00. The second kappa shape index (κ2) is 7.34. The van der Waals surface area contributed by atoms with E-state index in [-0.39, 0.29) is 5.41 Å². The van der Waals surface area contributed by atoms with Gasteiger partial charge in [-0.2, -0.15) is 0 Å². The predicted molar refractivity (Wildman–Crippen MR) is 71.1 cm³/mol. The van der Waals surface area contributed by atoms with Crippen molar-refractivity contribution in [3.63, 3.8) is 0 Å². The third kappa shape index (κ3) is 3.43. The summed E-state index contributed by atoms with van der Waals surface area (Å²) in [6.45, 7) is 8.90. The summed E-state index contributed by atoms with van der Waals surface area (Å²) in [6, 6.07) is 0.323. The lowest BCUT2D eigenvalue weighted by atomic mass is 9.59. The molecule has 0 aromatic heterocycles. The van der Waals surface area contributed by atoms with Gasteiger partial charge in [0, 0.05) is 18.1 Å². The van der Waals surface area contributed by atoms with Crippen LogP contribution in [0.4, 0.5) is 0 Å². The molecule has 102 valence electrons. The zero-order valence-corrected chi connectivity index (χ0v) is 11.7. The van der Waals surface area contributed by atoms with Gasteiger partial charge in [0.25, 0.3) is 0 Å². The highest BCUT2D eigenvalue weighted by Gasteiger charge is 2.51. The van der Waals surface area contributed by atoms with Crippen LogP contribution in [-0.2, 0) is 9.47 Å². The van der Waals surface area contributed by atoms with Gasteiger partial charge in [-0.15, -0.1) is 0 Å². The van der Waals surface area contributed by atoms with Gasteiger partial charge >= 0.3 is 0 Å². The molecular weight excluding hydrogens is 214 g/mol. The monoisotopic (exact) mass is 243 g/mol. The van der Waals surface area contributed by atoms with Gasteiger partial charge in [-0.25, -0.2) is 0 Å². The number of rotatable bonds is 9. The van der Waals surface area contributed by atoms with E-state index in [0.717, 1.165) is 38.9 Å². The van der Waals surface area contributed by atoms with E-state index >= 15 is 0 Å². The molecule has 2 N–H and O–H groups in total. The van der Waals surface area contributed by atoms with Gasteiger partial charge in [-0.1, -0.05) is 27.2 Å². The van der Waals surface area contributed by atoms with Crippen LogP contribution in [0, 0.1) is 5.41 Å². The molecule has 0 aliphatic heterocycles. The van der Waals surface area contributed by atoms with Crippen LogP contribution < -0.4 is 5.73 Å². The smallest absolute Gasteiger partial charge is 0.0704 e. The SMILES string of the molecule is CCCCOCCOC1CC(N)C1(CC)CC. The van der Waals surface area contributed by atoms with E-state index < -0.39 is 0 Å². The summed E-state index contributed by atoms with van der Waals surface area (Å²) >= 11 is 0. The van der Waals surface area contributed by atoms with Crippen molar-refractivity contribution in [1.82, 2.24) is 0 Å². The van der Waals surface area contributed by atoms with Crippen molar-refractivity contribution in [3.8, 4) is 0 Å². The van der Waals surface area contributed by atoms with E-state index in [1.807, 2.05) is 0 Å².